The number of ether oxygens (including phenoxy) is 2. The zero-order chi connectivity index (χ0) is 14.8. The molecule has 20 heavy (non-hydrogen) atoms. The summed E-state index contributed by atoms with van der Waals surface area (Å²) in [5, 5.41) is 0. The Morgan fingerprint density at radius 3 is 2.65 bits per heavy atom. The Labute approximate surface area is 126 Å². The van der Waals surface area contributed by atoms with Crippen LogP contribution in [0.25, 0.3) is 0 Å². The Bertz CT molecular complexity index is 506. The van der Waals surface area contributed by atoms with E-state index in [4.69, 9.17) is 4.74 Å². The number of carbonyl (C=O) groups excluding carboxylic acids is 2. The Hall–Kier alpha value is -1.10. The predicted octanol–water partition coefficient (Wildman–Crippen LogP) is 1.49. The van der Waals surface area contributed by atoms with Gasteiger partial charge in [-0.2, -0.15) is 0 Å². The molecule has 0 aliphatic carbocycles. The summed E-state index contributed by atoms with van der Waals surface area (Å²) in [7, 11) is 0. The summed E-state index contributed by atoms with van der Waals surface area (Å²) >= 11 is -1.88. The van der Waals surface area contributed by atoms with E-state index in [2.05, 4.69) is 4.74 Å². The van der Waals surface area contributed by atoms with Crippen LogP contribution in [0.5, 0.6) is 0 Å². The molecule has 1 aromatic carbocycles. The molecule has 1 saturated heterocycles. The molecule has 0 N–H and O–H groups in total. The molecule has 0 amide bonds. The molecular formula is C13H12BiF2O4. The first-order chi connectivity index (χ1) is 9.45. The van der Waals surface area contributed by atoms with Crippen molar-refractivity contribution in [2.75, 3.05) is 0 Å². The molecule has 107 valence electrons. The molecule has 1 heterocycles. The first-order valence-electron chi connectivity index (χ1n) is 6.01. The first-order valence-corrected chi connectivity index (χ1v) is 9.49. The molecule has 4 nitrogen and oxygen atoms in total. The van der Waals surface area contributed by atoms with Gasteiger partial charge in [-0.3, -0.25) is 0 Å². The van der Waals surface area contributed by atoms with Crippen LogP contribution in [0.15, 0.2) is 30.3 Å². The van der Waals surface area contributed by atoms with E-state index in [0.717, 1.165) is 3.27 Å². The average Bonchev–Trinajstić information content (AvgIpc) is 2.63. The monoisotopic (exact) mass is 479 g/mol. The summed E-state index contributed by atoms with van der Waals surface area (Å²) in [5.41, 5.74) is 0. The molecule has 2 rings (SSSR count). The van der Waals surface area contributed by atoms with E-state index in [-0.39, 0.29) is 6.42 Å². The van der Waals surface area contributed by atoms with Crippen LogP contribution in [0.3, 0.4) is 0 Å². The standard InChI is InChI=1S/C7H7F2O4.C6H5.Bi/c1-2-4-5(12-3-10)7(8,9)6(11)13-4;1-2-4-6-5-3-1;/h4-5H,2H2,1H3;1-5H;/t4-,5?;;/m1../s1. The second-order valence-electron chi connectivity index (χ2n) is 4.23. The molecular weight excluding hydrogens is 467 g/mol. The third-order valence-corrected chi connectivity index (χ3v) is 6.11. The van der Waals surface area contributed by atoms with E-state index < -0.39 is 51.0 Å². The molecule has 1 aliphatic rings. The zero-order valence-corrected chi connectivity index (χ0v) is 14.1. The van der Waals surface area contributed by atoms with Crippen LogP contribution >= 0.6 is 0 Å². The molecule has 1 unspecified atom stereocenters. The van der Waals surface area contributed by atoms with Gasteiger partial charge in [-0.1, -0.05) is 0 Å². The van der Waals surface area contributed by atoms with E-state index >= 15 is 0 Å². The van der Waals surface area contributed by atoms with E-state index in [1.54, 1.807) is 37.3 Å². The van der Waals surface area contributed by atoms with Crippen LogP contribution in [0, 0.1) is 0 Å². The van der Waals surface area contributed by atoms with Crippen molar-refractivity contribution in [1.29, 1.82) is 0 Å². The van der Waals surface area contributed by atoms with Crippen molar-refractivity contribution < 1.29 is 27.8 Å². The summed E-state index contributed by atoms with van der Waals surface area (Å²) < 4.78 is 36.8. The molecule has 0 bridgehead atoms. The molecule has 1 aliphatic heterocycles. The Balaban J connectivity index is 2.04. The summed E-state index contributed by atoms with van der Waals surface area (Å²) in [4.78, 5) is 22.8. The van der Waals surface area contributed by atoms with Crippen molar-refractivity contribution >= 4 is 36.2 Å². The predicted molar refractivity (Wildman–Crippen MR) is 67.2 cm³/mol. The van der Waals surface area contributed by atoms with Gasteiger partial charge in [0, 0.05) is 0 Å². The van der Waals surface area contributed by atoms with Gasteiger partial charge in [0.1, 0.15) is 0 Å². The van der Waals surface area contributed by atoms with Crippen LogP contribution in [-0.4, -0.2) is 51.0 Å². The van der Waals surface area contributed by atoms with Crippen LogP contribution < -0.4 is 3.27 Å². The molecule has 7 heteroatoms. The topological polar surface area (TPSA) is 52.6 Å². The third kappa shape index (κ3) is 3.14. The molecule has 1 fully saturated rings. The van der Waals surface area contributed by atoms with Gasteiger partial charge in [0.05, 0.1) is 0 Å². The van der Waals surface area contributed by atoms with Crippen LogP contribution in [0.2, 0.25) is 0 Å². The molecule has 0 spiro atoms. The fourth-order valence-corrected chi connectivity index (χ4v) is 4.53. The number of halogens is 2. The molecule has 1 aromatic rings. The number of cyclic esters (lactones) is 1. The second-order valence-corrected chi connectivity index (χ2v) is 8.52. The van der Waals surface area contributed by atoms with E-state index in [1.165, 1.54) is 0 Å². The van der Waals surface area contributed by atoms with Gasteiger partial charge >= 0.3 is 126 Å². The van der Waals surface area contributed by atoms with Crippen LogP contribution in [-0.2, 0) is 14.3 Å². The average molecular weight is 479 g/mol. The molecule has 1 radical (unpaired) electrons. The number of esters is 1. The van der Waals surface area contributed by atoms with Crippen LogP contribution in [0.4, 0.5) is 13.6 Å². The van der Waals surface area contributed by atoms with Crippen molar-refractivity contribution in [3.63, 3.8) is 0 Å². The Morgan fingerprint density at radius 1 is 1.40 bits per heavy atom. The number of benzene rings is 1. The van der Waals surface area contributed by atoms with Crippen molar-refractivity contribution in [2.24, 2.45) is 0 Å². The van der Waals surface area contributed by atoms with Crippen molar-refractivity contribution in [2.45, 2.75) is 31.5 Å². The van der Waals surface area contributed by atoms with E-state index in [0.29, 0.717) is 0 Å². The second kappa shape index (κ2) is 6.12. The number of alkyl halides is 2. The van der Waals surface area contributed by atoms with Gasteiger partial charge in [0.25, 0.3) is 0 Å². The quantitative estimate of drug-likeness (QED) is 0.486. The normalized spacial score (nSPS) is 24.2. The number of hydrogen-bond donors (Lipinski definition) is 0. The Kier molecular flexibility index (Phi) is 4.68. The van der Waals surface area contributed by atoms with Crippen molar-refractivity contribution in [3.8, 4) is 0 Å². The van der Waals surface area contributed by atoms with Crippen LogP contribution in [0.1, 0.15) is 13.3 Å². The number of rotatable bonds is 4. The summed E-state index contributed by atoms with van der Waals surface area (Å²) in [6, 6.07) is 8.89. The maximum atomic E-state index is 13.6. The van der Waals surface area contributed by atoms with Gasteiger partial charge in [-0.15, -0.1) is 0 Å². The summed E-state index contributed by atoms with van der Waals surface area (Å²) in [6.45, 7) is 1.60. The van der Waals surface area contributed by atoms with Gasteiger partial charge in [-0.05, 0) is 0 Å². The fraction of sp³-hybridized carbons (Fsp3) is 0.385. The van der Waals surface area contributed by atoms with E-state index in [1.807, 2.05) is 0 Å². The number of carbonyl (C=O) groups is 2. The minimum atomic E-state index is -3.76. The first kappa shape index (κ1) is 15.3. The van der Waals surface area contributed by atoms with Gasteiger partial charge in [0.15, 0.2) is 0 Å². The van der Waals surface area contributed by atoms with Gasteiger partial charge < -0.3 is 0 Å². The Morgan fingerprint density at radius 2 is 2.05 bits per heavy atom. The third-order valence-electron chi connectivity index (χ3n) is 2.83. The molecule has 0 saturated carbocycles. The maximum absolute atomic E-state index is 13.6. The van der Waals surface area contributed by atoms with Gasteiger partial charge in [0.2, 0.25) is 0 Å². The summed E-state index contributed by atoms with van der Waals surface area (Å²) in [6.07, 6.45) is -2.70. The SMILES string of the molecule is CC[C@H]1OC(=O)C(F)(F)C1O[C](=O)[Bi][c]1ccccc1. The fourth-order valence-electron chi connectivity index (χ4n) is 1.82. The number of hydrogen-bond acceptors (Lipinski definition) is 4. The summed E-state index contributed by atoms with van der Waals surface area (Å²) in [5.74, 6) is -5.37. The van der Waals surface area contributed by atoms with Crippen molar-refractivity contribution in [1.82, 2.24) is 0 Å². The van der Waals surface area contributed by atoms with Crippen molar-refractivity contribution in [3.05, 3.63) is 30.3 Å². The molecule has 0 aromatic heterocycles. The van der Waals surface area contributed by atoms with Gasteiger partial charge in [-0.25, -0.2) is 0 Å². The minimum absolute atomic E-state index is 0.177. The molecule has 2 atom stereocenters. The van der Waals surface area contributed by atoms with E-state index in [9.17, 15) is 18.4 Å². The zero-order valence-electron chi connectivity index (χ0n) is 10.6.